The molecule has 2 aliphatic heterocycles. The summed E-state index contributed by atoms with van der Waals surface area (Å²) in [6.07, 6.45) is -2.80. The van der Waals surface area contributed by atoms with E-state index in [2.05, 4.69) is 10.6 Å². The molecule has 2 aromatic carbocycles. The molecule has 10 nitrogen and oxygen atoms in total. The minimum absolute atomic E-state index is 0.123. The fraction of sp³-hybridized carbons (Fsp3) is 0.385. The lowest BCUT2D eigenvalue weighted by molar-refractivity contribution is -0.168. The first-order chi connectivity index (χ1) is 18.1. The fourth-order valence-corrected chi connectivity index (χ4v) is 4.55. The Morgan fingerprint density at radius 2 is 1.97 bits per heavy atom. The highest BCUT2D eigenvalue weighted by atomic mass is 35.5. The number of rotatable bonds is 8. The number of nitrogen functional groups attached to an aromatic ring is 1. The average Bonchev–Trinajstić information content (AvgIpc) is 3.45. The molecule has 2 aliphatic rings. The number of alkyl halides is 1. The van der Waals surface area contributed by atoms with E-state index in [0.29, 0.717) is 5.69 Å². The third kappa shape index (κ3) is 6.40. The van der Waals surface area contributed by atoms with Crippen molar-refractivity contribution in [3.63, 3.8) is 0 Å². The van der Waals surface area contributed by atoms with E-state index in [1.54, 1.807) is 0 Å². The molecule has 0 saturated carbocycles. The summed E-state index contributed by atoms with van der Waals surface area (Å²) in [6, 6.07) is 10.5. The molecule has 12 heteroatoms. The SMILES string of the molecule is C[C@H](NC(=O)c1ccc(N)c(Cl)c1)C(=O)N1C[C@@H](F)C[C@H]1C(=O)NC1CC(=O)OC1OCc1ccccc1. The lowest BCUT2D eigenvalue weighted by Crippen LogP contribution is -2.54. The summed E-state index contributed by atoms with van der Waals surface area (Å²) < 4.78 is 25.3. The number of hydrogen-bond donors (Lipinski definition) is 3. The van der Waals surface area contributed by atoms with Gasteiger partial charge < -0.3 is 30.7 Å². The number of nitrogens with one attached hydrogen (secondary N) is 2. The Kier molecular flexibility index (Phi) is 8.48. The summed E-state index contributed by atoms with van der Waals surface area (Å²) >= 11 is 5.97. The van der Waals surface area contributed by atoms with Crippen LogP contribution in [0.5, 0.6) is 0 Å². The first-order valence-corrected chi connectivity index (χ1v) is 12.5. The van der Waals surface area contributed by atoms with Crippen LogP contribution in [0.1, 0.15) is 35.7 Å². The summed E-state index contributed by atoms with van der Waals surface area (Å²) in [5.74, 6) is -2.39. The van der Waals surface area contributed by atoms with Crippen LogP contribution >= 0.6 is 11.6 Å². The summed E-state index contributed by atoms with van der Waals surface area (Å²) in [5.41, 5.74) is 7.01. The highest BCUT2D eigenvalue weighted by Crippen LogP contribution is 2.24. The van der Waals surface area contributed by atoms with Gasteiger partial charge in [0.2, 0.25) is 18.1 Å². The zero-order valence-electron chi connectivity index (χ0n) is 20.6. The monoisotopic (exact) mass is 546 g/mol. The van der Waals surface area contributed by atoms with Gasteiger partial charge in [0.15, 0.2) is 0 Å². The maximum Gasteiger partial charge on any atom is 0.310 e. The molecule has 5 atom stereocenters. The van der Waals surface area contributed by atoms with E-state index in [1.807, 2.05) is 30.3 Å². The topological polar surface area (TPSA) is 140 Å². The summed E-state index contributed by atoms with van der Waals surface area (Å²) in [6.45, 7) is 1.29. The van der Waals surface area contributed by atoms with Crippen LogP contribution < -0.4 is 16.4 Å². The highest BCUT2D eigenvalue weighted by molar-refractivity contribution is 6.33. The van der Waals surface area contributed by atoms with Crippen molar-refractivity contribution in [2.24, 2.45) is 0 Å². The molecule has 0 spiro atoms. The number of amides is 3. The van der Waals surface area contributed by atoms with Crippen molar-refractivity contribution in [2.75, 3.05) is 12.3 Å². The summed E-state index contributed by atoms with van der Waals surface area (Å²) in [7, 11) is 0. The van der Waals surface area contributed by atoms with Gasteiger partial charge in [0.05, 0.1) is 30.3 Å². The molecule has 0 radical (unpaired) electrons. The minimum atomic E-state index is -1.43. The van der Waals surface area contributed by atoms with Gasteiger partial charge in [-0.3, -0.25) is 19.2 Å². The number of likely N-dealkylation sites (tertiary alicyclic amines) is 1. The maximum absolute atomic E-state index is 14.4. The van der Waals surface area contributed by atoms with E-state index < -0.39 is 54.3 Å². The molecular weight excluding hydrogens is 519 g/mol. The number of hydrogen-bond acceptors (Lipinski definition) is 7. The van der Waals surface area contributed by atoms with Crippen molar-refractivity contribution >= 4 is 41.0 Å². The van der Waals surface area contributed by atoms with Gasteiger partial charge in [-0.25, -0.2) is 4.39 Å². The van der Waals surface area contributed by atoms with Gasteiger partial charge in [-0.2, -0.15) is 0 Å². The van der Waals surface area contributed by atoms with Crippen LogP contribution in [0.3, 0.4) is 0 Å². The van der Waals surface area contributed by atoms with Crippen molar-refractivity contribution in [3.8, 4) is 0 Å². The molecule has 2 saturated heterocycles. The van der Waals surface area contributed by atoms with Crippen molar-refractivity contribution in [2.45, 2.75) is 57.0 Å². The van der Waals surface area contributed by atoms with Crippen LogP contribution in [0.15, 0.2) is 48.5 Å². The van der Waals surface area contributed by atoms with Gasteiger partial charge in [-0.1, -0.05) is 41.9 Å². The van der Waals surface area contributed by atoms with E-state index in [1.165, 1.54) is 25.1 Å². The number of nitrogens with zero attached hydrogens (tertiary/aromatic N) is 1. The van der Waals surface area contributed by atoms with Crippen LogP contribution in [-0.2, 0) is 30.5 Å². The molecule has 4 N–H and O–H groups in total. The van der Waals surface area contributed by atoms with Crippen molar-refractivity contribution < 1.29 is 33.0 Å². The molecule has 2 fully saturated rings. The molecule has 2 heterocycles. The van der Waals surface area contributed by atoms with Gasteiger partial charge in [0.1, 0.15) is 24.3 Å². The molecule has 0 aliphatic carbocycles. The van der Waals surface area contributed by atoms with E-state index >= 15 is 0 Å². The predicted molar refractivity (Wildman–Crippen MR) is 135 cm³/mol. The summed E-state index contributed by atoms with van der Waals surface area (Å²) in [4.78, 5) is 51.8. The molecular formula is C26H28ClFN4O6. The standard InChI is InChI=1S/C26H28ClFN4O6/c1-14(30-23(34)16-7-8-19(29)18(27)9-16)25(36)32-12-17(28)10-21(32)24(35)31-20-11-22(33)38-26(20)37-13-15-5-3-2-4-6-15/h2-9,14,17,20-21,26H,10-13,29H2,1H3,(H,30,34)(H,31,35)/t14-,17-,20?,21-,26?/m0/s1. The van der Waals surface area contributed by atoms with Crippen molar-refractivity contribution in [1.82, 2.24) is 15.5 Å². The quantitative estimate of drug-likeness (QED) is 0.339. The number of carbonyl (C=O) groups excluding carboxylic acids is 4. The fourth-order valence-electron chi connectivity index (χ4n) is 4.37. The van der Waals surface area contributed by atoms with Crippen LogP contribution in [0.25, 0.3) is 0 Å². The Hall–Kier alpha value is -3.70. The number of carbonyl (C=O) groups is 4. The molecule has 0 bridgehead atoms. The van der Waals surface area contributed by atoms with Gasteiger partial charge in [-0.15, -0.1) is 0 Å². The maximum atomic E-state index is 14.4. The van der Waals surface area contributed by atoms with E-state index in [-0.39, 0.29) is 36.6 Å². The van der Waals surface area contributed by atoms with Gasteiger partial charge in [-0.05, 0) is 30.7 Å². The van der Waals surface area contributed by atoms with E-state index in [4.69, 9.17) is 26.8 Å². The van der Waals surface area contributed by atoms with E-state index in [0.717, 1.165) is 10.5 Å². The van der Waals surface area contributed by atoms with E-state index in [9.17, 15) is 23.6 Å². The van der Waals surface area contributed by atoms with Gasteiger partial charge >= 0.3 is 5.97 Å². The Bertz CT molecular complexity index is 1220. The molecule has 3 amide bonds. The molecule has 2 aromatic rings. The van der Waals surface area contributed by atoms with Crippen LogP contribution in [0.4, 0.5) is 10.1 Å². The first kappa shape index (κ1) is 27.3. The van der Waals surface area contributed by atoms with Crippen LogP contribution in [0, 0.1) is 0 Å². The number of halogens is 2. The Morgan fingerprint density at radius 3 is 2.68 bits per heavy atom. The summed E-state index contributed by atoms with van der Waals surface area (Å²) in [5, 5.41) is 5.41. The molecule has 0 aromatic heterocycles. The Morgan fingerprint density at radius 1 is 1.24 bits per heavy atom. The van der Waals surface area contributed by atoms with Crippen molar-refractivity contribution in [3.05, 3.63) is 64.7 Å². The number of cyclic esters (lactones) is 1. The molecule has 202 valence electrons. The lowest BCUT2D eigenvalue weighted by atomic mass is 10.1. The number of benzene rings is 2. The zero-order chi connectivity index (χ0) is 27.4. The molecule has 4 rings (SSSR count). The first-order valence-electron chi connectivity index (χ1n) is 12.1. The van der Waals surface area contributed by atoms with Crippen molar-refractivity contribution in [1.29, 1.82) is 0 Å². The highest BCUT2D eigenvalue weighted by Gasteiger charge is 2.44. The second-order valence-electron chi connectivity index (χ2n) is 9.24. The van der Waals surface area contributed by atoms with Crippen LogP contribution in [-0.4, -0.2) is 65.7 Å². The number of ether oxygens (including phenoxy) is 2. The number of anilines is 1. The Labute approximate surface area is 223 Å². The normalized spacial score (nSPS) is 23.6. The smallest absolute Gasteiger partial charge is 0.310 e. The second-order valence-corrected chi connectivity index (χ2v) is 9.65. The number of nitrogens with two attached hydrogens (primary N) is 1. The largest absolute Gasteiger partial charge is 0.433 e. The van der Waals surface area contributed by atoms with Gasteiger partial charge in [0.25, 0.3) is 5.91 Å². The predicted octanol–water partition coefficient (Wildman–Crippen LogP) is 1.95. The third-order valence-electron chi connectivity index (χ3n) is 6.36. The van der Waals surface area contributed by atoms with Crippen LogP contribution in [0.2, 0.25) is 5.02 Å². The zero-order valence-corrected chi connectivity index (χ0v) is 21.3. The molecule has 2 unspecified atom stereocenters. The minimum Gasteiger partial charge on any atom is -0.433 e. The Balaban J connectivity index is 1.37. The lowest BCUT2D eigenvalue weighted by Gasteiger charge is -2.28. The second kappa shape index (κ2) is 11.8. The molecule has 38 heavy (non-hydrogen) atoms. The number of esters is 1. The third-order valence-corrected chi connectivity index (χ3v) is 6.69. The van der Waals surface area contributed by atoms with Gasteiger partial charge in [0, 0.05) is 12.0 Å². The average molecular weight is 547 g/mol.